The third-order valence-electron chi connectivity index (χ3n) is 2.60. The minimum Gasteiger partial charge on any atom is -0.394 e. The second-order valence-corrected chi connectivity index (χ2v) is 4.62. The Morgan fingerprint density at radius 2 is 2.38 bits per heavy atom. The molecule has 0 amide bonds. The van der Waals surface area contributed by atoms with Crippen LogP contribution >= 0.6 is 15.9 Å². The van der Waals surface area contributed by atoms with Crippen molar-refractivity contribution in [3.63, 3.8) is 0 Å². The molecule has 0 aliphatic carbocycles. The maximum absolute atomic E-state index is 11.6. The van der Waals surface area contributed by atoms with Crippen molar-refractivity contribution in [1.82, 2.24) is 4.57 Å². The number of aliphatic hydroxyl groups is 2. The van der Waals surface area contributed by atoms with E-state index >= 15 is 0 Å². The number of aliphatic hydroxyl groups excluding tert-OH is 2. The molecule has 1 aromatic rings. The molecule has 5 nitrogen and oxygen atoms in total. The van der Waals surface area contributed by atoms with Crippen molar-refractivity contribution in [3.05, 3.63) is 33.2 Å². The lowest BCUT2D eigenvalue weighted by Crippen LogP contribution is -2.25. The Hall–Kier alpha value is -0.690. The molecule has 0 spiro atoms. The second-order valence-electron chi connectivity index (χ2n) is 3.71. The molecule has 0 bridgehead atoms. The maximum Gasteiger partial charge on any atom is 0.253 e. The minimum atomic E-state index is -0.731. The van der Waals surface area contributed by atoms with E-state index in [4.69, 9.17) is 9.84 Å². The predicted molar refractivity (Wildman–Crippen MR) is 60.0 cm³/mol. The highest BCUT2D eigenvalue weighted by atomic mass is 79.9. The molecule has 0 saturated carbocycles. The number of ether oxygens (including phenoxy) is 1. The fourth-order valence-corrected chi connectivity index (χ4v) is 2.07. The summed E-state index contributed by atoms with van der Waals surface area (Å²) in [5, 5.41) is 18.5. The molecule has 16 heavy (non-hydrogen) atoms. The van der Waals surface area contributed by atoms with Gasteiger partial charge >= 0.3 is 0 Å². The van der Waals surface area contributed by atoms with Crippen molar-refractivity contribution in [3.8, 4) is 0 Å². The Morgan fingerprint density at radius 3 is 2.94 bits per heavy atom. The fourth-order valence-electron chi connectivity index (χ4n) is 1.75. The van der Waals surface area contributed by atoms with E-state index in [0.717, 1.165) is 0 Å². The largest absolute Gasteiger partial charge is 0.394 e. The van der Waals surface area contributed by atoms with Crippen molar-refractivity contribution >= 4 is 15.9 Å². The Morgan fingerprint density at radius 1 is 1.62 bits per heavy atom. The van der Waals surface area contributed by atoms with Gasteiger partial charge in [0.1, 0.15) is 12.3 Å². The molecule has 0 aromatic carbocycles. The lowest BCUT2D eigenvalue weighted by atomic mass is 10.2. The second kappa shape index (κ2) is 4.67. The van der Waals surface area contributed by atoms with Crippen molar-refractivity contribution in [2.75, 3.05) is 6.61 Å². The van der Waals surface area contributed by atoms with Gasteiger partial charge in [0.15, 0.2) is 0 Å². The fraction of sp³-hybridized carbons (Fsp3) is 0.500. The molecule has 1 fully saturated rings. The van der Waals surface area contributed by atoms with E-state index < -0.39 is 18.4 Å². The number of hydrogen-bond donors (Lipinski definition) is 2. The number of halogens is 1. The van der Waals surface area contributed by atoms with E-state index in [9.17, 15) is 9.90 Å². The first-order valence-corrected chi connectivity index (χ1v) is 5.73. The van der Waals surface area contributed by atoms with Gasteiger partial charge in [-0.2, -0.15) is 0 Å². The average Bonchev–Trinajstić information content (AvgIpc) is 2.59. The summed E-state index contributed by atoms with van der Waals surface area (Å²) in [7, 11) is 0. The molecular weight excluding hydrogens is 278 g/mol. The van der Waals surface area contributed by atoms with Crippen LogP contribution in [0, 0.1) is 0 Å². The summed E-state index contributed by atoms with van der Waals surface area (Å²) in [4.78, 5) is 11.6. The summed E-state index contributed by atoms with van der Waals surface area (Å²) >= 11 is 3.20. The third-order valence-corrected chi connectivity index (χ3v) is 3.10. The Kier molecular flexibility index (Phi) is 3.44. The third kappa shape index (κ3) is 2.20. The molecule has 88 valence electrons. The zero-order valence-corrected chi connectivity index (χ0v) is 10.0. The van der Waals surface area contributed by atoms with E-state index in [1.807, 2.05) is 0 Å². The highest BCUT2D eigenvalue weighted by Gasteiger charge is 2.34. The van der Waals surface area contributed by atoms with Gasteiger partial charge in [-0.3, -0.25) is 9.36 Å². The summed E-state index contributed by atoms with van der Waals surface area (Å²) in [6, 6.07) is 3.16. The molecule has 2 N–H and O–H groups in total. The molecule has 1 saturated heterocycles. The van der Waals surface area contributed by atoms with Crippen LogP contribution in [0.25, 0.3) is 0 Å². The van der Waals surface area contributed by atoms with Gasteiger partial charge in [0, 0.05) is 23.2 Å². The maximum atomic E-state index is 11.6. The van der Waals surface area contributed by atoms with Crippen LogP contribution in [0.1, 0.15) is 12.6 Å². The van der Waals surface area contributed by atoms with Crippen LogP contribution in [-0.4, -0.2) is 33.6 Å². The lowest BCUT2D eigenvalue weighted by molar-refractivity contribution is -0.0454. The molecule has 3 atom stereocenters. The Balaban J connectivity index is 2.23. The van der Waals surface area contributed by atoms with Crippen LogP contribution in [-0.2, 0) is 4.74 Å². The quantitative estimate of drug-likeness (QED) is 0.819. The van der Waals surface area contributed by atoms with Crippen LogP contribution in [0.2, 0.25) is 0 Å². The van der Waals surface area contributed by atoms with Gasteiger partial charge in [0.2, 0.25) is 0 Å². The van der Waals surface area contributed by atoms with Crippen LogP contribution in [0.5, 0.6) is 0 Å². The monoisotopic (exact) mass is 289 g/mol. The Labute approximate surface area is 100 Å². The SMILES string of the molecule is O=c1cc(Br)ccn1[C@H]1C[C@H](O)[C@@H](CO)O1. The van der Waals surface area contributed by atoms with Crippen LogP contribution < -0.4 is 5.56 Å². The van der Waals surface area contributed by atoms with Crippen LogP contribution in [0.3, 0.4) is 0 Å². The number of rotatable bonds is 2. The molecule has 1 aliphatic heterocycles. The standard InChI is InChI=1S/C10H12BrNO4/c11-6-1-2-12(9(15)3-6)10-4-7(14)8(5-13)16-10/h1-3,7-8,10,13-14H,4-5H2/t7-,8+,10+/m0/s1. The lowest BCUT2D eigenvalue weighted by Gasteiger charge is -2.14. The molecule has 2 heterocycles. The van der Waals surface area contributed by atoms with Crippen molar-refractivity contribution < 1.29 is 14.9 Å². The zero-order chi connectivity index (χ0) is 11.7. The summed E-state index contributed by atoms with van der Waals surface area (Å²) in [5.74, 6) is 0. The minimum absolute atomic E-state index is 0.204. The molecule has 0 unspecified atom stereocenters. The van der Waals surface area contributed by atoms with Gasteiger partial charge in [0.05, 0.1) is 12.7 Å². The zero-order valence-electron chi connectivity index (χ0n) is 8.41. The summed E-state index contributed by atoms with van der Waals surface area (Å²) in [5.41, 5.74) is -0.204. The van der Waals surface area contributed by atoms with Gasteiger partial charge in [-0.1, -0.05) is 15.9 Å². The molecule has 1 aromatic heterocycles. The number of pyridine rings is 1. The van der Waals surface area contributed by atoms with Gasteiger partial charge in [-0.25, -0.2) is 0 Å². The van der Waals surface area contributed by atoms with E-state index in [0.29, 0.717) is 10.9 Å². The first-order valence-electron chi connectivity index (χ1n) is 4.94. The van der Waals surface area contributed by atoms with Crippen molar-refractivity contribution in [2.45, 2.75) is 24.9 Å². The van der Waals surface area contributed by atoms with Gasteiger partial charge in [-0.15, -0.1) is 0 Å². The molecule has 0 radical (unpaired) electrons. The number of nitrogens with zero attached hydrogens (tertiary/aromatic N) is 1. The van der Waals surface area contributed by atoms with Crippen LogP contribution in [0.4, 0.5) is 0 Å². The van der Waals surface area contributed by atoms with E-state index in [1.54, 1.807) is 12.3 Å². The summed E-state index contributed by atoms with van der Waals surface area (Å²) in [6.45, 7) is -0.247. The molecule has 6 heteroatoms. The average molecular weight is 290 g/mol. The highest BCUT2D eigenvalue weighted by Crippen LogP contribution is 2.27. The topological polar surface area (TPSA) is 71.7 Å². The first-order chi connectivity index (χ1) is 7.61. The first kappa shape index (κ1) is 11.8. The molecule has 1 aliphatic rings. The van der Waals surface area contributed by atoms with Crippen molar-refractivity contribution in [1.29, 1.82) is 0 Å². The predicted octanol–water partition coefficient (Wildman–Crippen LogP) is 0.252. The Bertz CT molecular complexity index is 433. The van der Waals surface area contributed by atoms with E-state index in [-0.39, 0.29) is 12.2 Å². The van der Waals surface area contributed by atoms with E-state index in [2.05, 4.69) is 15.9 Å². The normalized spacial score (nSPS) is 29.6. The summed E-state index contributed by atoms with van der Waals surface area (Å²) in [6.07, 6.45) is 0.0647. The smallest absolute Gasteiger partial charge is 0.253 e. The van der Waals surface area contributed by atoms with Gasteiger partial charge in [0.25, 0.3) is 5.56 Å². The van der Waals surface area contributed by atoms with E-state index in [1.165, 1.54) is 10.6 Å². The van der Waals surface area contributed by atoms with Gasteiger partial charge < -0.3 is 14.9 Å². The highest BCUT2D eigenvalue weighted by molar-refractivity contribution is 9.10. The molecular formula is C10H12BrNO4. The van der Waals surface area contributed by atoms with Gasteiger partial charge in [-0.05, 0) is 6.07 Å². The number of aromatic nitrogens is 1. The van der Waals surface area contributed by atoms with Crippen LogP contribution in [0.15, 0.2) is 27.6 Å². The molecule has 2 rings (SSSR count). The number of hydrogen-bond acceptors (Lipinski definition) is 4. The van der Waals surface area contributed by atoms with Crippen molar-refractivity contribution in [2.24, 2.45) is 0 Å². The summed E-state index contributed by atoms with van der Waals surface area (Å²) < 4.78 is 7.48.